The monoisotopic (exact) mass is 355 g/mol. The van der Waals surface area contributed by atoms with Crippen molar-refractivity contribution in [3.63, 3.8) is 0 Å². The summed E-state index contributed by atoms with van der Waals surface area (Å²) in [4.78, 5) is 16.7. The van der Waals surface area contributed by atoms with Crippen LogP contribution in [0.3, 0.4) is 0 Å². The molecule has 26 heavy (non-hydrogen) atoms. The lowest BCUT2D eigenvalue weighted by Crippen LogP contribution is -2.44. The minimum Gasteiger partial charge on any atom is -0.497 e. The maximum absolute atomic E-state index is 13.1. The third-order valence-corrected chi connectivity index (χ3v) is 6.61. The summed E-state index contributed by atoms with van der Waals surface area (Å²) in [5.74, 6) is 2.00. The number of nitrogens with one attached hydrogen (secondary N) is 1. The SMILES string of the molecule is CCCC1CC2CCc3c([nH]c4ccc(OC)cc34)C(C(=O)OC)(C1)C2. The molecule has 1 aromatic carbocycles. The van der Waals surface area contributed by atoms with Crippen LogP contribution in [0.5, 0.6) is 5.75 Å². The Labute approximate surface area is 155 Å². The van der Waals surface area contributed by atoms with E-state index < -0.39 is 5.41 Å². The van der Waals surface area contributed by atoms with E-state index in [1.54, 1.807) is 7.11 Å². The van der Waals surface area contributed by atoms with Gasteiger partial charge >= 0.3 is 5.97 Å². The summed E-state index contributed by atoms with van der Waals surface area (Å²) in [5.41, 5.74) is 2.98. The van der Waals surface area contributed by atoms with Crippen LogP contribution in [0.1, 0.15) is 56.7 Å². The van der Waals surface area contributed by atoms with E-state index in [9.17, 15) is 4.79 Å². The maximum atomic E-state index is 13.1. The molecular formula is C22H29NO3. The summed E-state index contributed by atoms with van der Waals surface area (Å²) in [6.45, 7) is 2.24. The van der Waals surface area contributed by atoms with Gasteiger partial charge in [0.05, 0.1) is 14.2 Å². The van der Waals surface area contributed by atoms with Crippen molar-refractivity contribution in [2.75, 3.05) is 14.2 Å². The van der Waals surface area contributed by atoms with Crippen molar-refractivity contribution in [2.45, 2.75) is 57.3 Å². The molecule has 4 heteroatoms. The second-order valence-electron chi connectivity index (χ2n) is 8.17. The van der Waals surface area contributed by atoms with Gasteiger partial charge in [0.15, 0.2) is 0 Å². The number of aryl methyl sites for hydroxylation is 1. The number of methoxy groups -OCH3 is 2. The number of aromatic nitrogens is 1. The second-order valence-corrected chi connectivity index (χ2v) is 8.17. The van der Waals surface area contributed by atoms with E-state index >= 15 is 0 Å². The Kier molecular flexibility index (Phi) is 4.45. The quantitative estimate of drug-likeness (QED) is 0.805. The molecule has 0 spiro atoms. The molecule has 1 fully saturated rings. The smallest absolute Gasteiger partial charge is 0.317 e. The summed E-state index contributed by atoms with van der Waals surface area (Å²) < 4.78 is 10.8. The van der Waals surface area contributed by atoms with Crippen molar-refractivity contribution in [3.05, 3.63) is 29.5 Å². The minimum atomic E-state index is -0.518. The Morgan fingerprint density at radius 3 is 2.88 bits per heavy atom. The number of rotatable bonds is 4. The highest BCUT2D eigenvalue weighted by molar-refractivity contribution is 5.91. The zero-order valence-electron chi connectivity index (χ0n) is 16.1. The molecule has 1 saturated carbocycles. The fourth-order valence-corrected chi connectivity index (χ4v) is 5.59. The minimum absolute atomic E-state index is 0.0648. The number of benzene rings is 1. The molecule has 0 radical (unpaired) electrons. The first-order valence-electron chi connectivity index (χ1n) is 9.88. The lowest BCUT2D eigenvalue weighted by molar-refractivity contribution is -0.151. The number of carbonyl (C=O) groups excluding carboxylic acids is 1. The molecule has 0 saturated heterocycles. The van der Waals surface area contributed by atoms with E-state index in [0.29, 0.717) is 11.8 Å². The van der Waals surface area contributed by atoms with Crippen LogP contribution in [0.25, 0.3) is 10.9 Å². The zero-order valence-corrected chi connectivity index (χ0v) is 16.1. The number of esters is 1. The van der Waals surface area contributed by atoms with E-state index in [0.717, 1.165) is 42.6 Å². The van der Waals surface area contributed by atoms with Crippen molar-refractivity contribution in [3.8, 4) is 5.75 Å². The molecule has 0 aliphatic heterocycles. The lowest BCUT2D eigenvalue weighted by atomic mass is 9.63. The van der Waals surface area contributed by atoms with Crippen LogP contribution in [-0.2, 0) is 21.4 Å². The molecule has 4 nitrogen and oxygen atoms in total. The van der Waals surface area contributed by atoms with Crippen molar-refractivity contribution in [1.29, 1.82) is 0 Å². The summed E-state index contributed by atoms with van der Waals surface area (Å²) in [7, 11) is 3.23. The predicted molar refractivity (Wildman–Crippen MR) is 103 cm³/mol. The van der Waals surface area contributed by atoms with E-state index in [4.69, 9.17) is 9.47 Å². The Balaban J connectivity index is 1.90. The van der Waals surface area contributed by atoms with Gasteiger partial charge in [-0.25, -0.2) is 0 Å². The van der Waals surface area contributed by atoms with E-state index in [2.05, 4.69) is 24.0 Å². The number of hydrogen-bond acceptors (Lipinski definition) is 3. The number of carbonyl (C=O) groups is 1. The molecule has 2 aromatic rings. The Morgan fingerprint density at radius 2 is 2.15 bits per heavy atom. The zero-order chi connectivity index (χ0) is 18.3. The molecule has 4 rings (SSSR count). The topological polar surface area (TPSA) is 51.3 Å². The van der Waals surface area contributed by atoms with Crippen molar-refractivity contribution in [2.24, 2.45) is 11.8 Å². The Morgan fingerprint density at radius 1 is 1.31 bits per heavy atom. The molecule has 2 aliphatic carbocycles. The molecule has 1 heterocycles. The van der Waals surface area contributed by atoms with Gasteiger partial charge in [0.2, 0.25) is 0 Å². The molecular weight excluding hydrogens is 326 g/mol. The molecule has 2 aliphatic rings. The van der Waals surface area contributed by atoms with Gasteiger partial charge in [0.1, 0.15) is 11.2 Å². The first kappa shape index (κ1) is 17.4. The van der Waals surface area contributed by atoms with Crippen LogP contribution in [0, 0.1) is 11.8 Å². The van der Waals surface area contributed by atoms with Crippen molar-refractivity contribution >= 4 is 16.9 Å². The van der Waals surface area contributed by atoms with Gasteiger partial charge in [-0.3, -0.25) is 4.79 Å². The van der Waals surface area contributed by atoms with E-state index in [1.807, 2.05) is 6.07 Å². The molecule has 140 valence electrons. The normalized spacial score (nSPS) is 27.7. The second kappa shape index (κ2) is 6.64. The van der Waals surface area contributed by atoms with Gasteiger partial charge in [-0.05, 0) is 67.7 Å². The highest BCUT2D eigenvalue weighted by atomic mass is 16.5. The molecule has 2 bridgehead atoms. The van der Waals surface area contributed by atoms with Gasteiger partial charge in [-0.15, -0.1) is 0 Å². The lowest BCUT2D eigenvalue weighted by Gasteiger charge is -2.41. The summed E-state index contributed by atoms with van der Waals surface area (Å²) >= 11 is 0. The van der Waals surface area contributed by atoms with Gasteiger partial charge in [0, 0.05) is 16.6 Å². The molecule has 1 N–H and O–H groups in total. The van der Waals surface area contributed by atoms with Crippen molar-refractivity contribution < 1.29 is 14.3 Å². The fourth-order valence-electron chi connectivity index (χ4n) is 5.59. The first-order valence-corrected chi connectivity index (χ1v) is 9.88. The van der Waals surface area contributed by atoms with Gasteiger partial charge in [-0.1, -0.05) is 19.8 Å². The fraction of sp³-hybridized carbons (Fsp3) is 0.591. The molecule has 0 amide bonds. The number of ether oxygens (including phenoxy) is 2. The van der Waals surface area contributed by atoms with Gasteiger partial charge < -0.3 is 14.5 Å². The van der Waals surface area contributed by atoms with E-state index in [-0.39, 0.29) is 5.97 Å². The average molecular weight is 355 g/mol. The molecule has 1 aromatic heterocycles. The standard InChI is InChI=1S/C22H29NO3/c1-4-5-14-10-15-6-8-17-18-11-16(25-2)7-9-19(18)23-20(17)22(12-14,13-15)21(24)26-3/h7,9,11,14-15,23H,4-6,8,10,12-13H2,1-3H3. The maximum Gasteiger partial charge on any atom is 0.317 e. The van der Waals surface area contributed by atoms with E-state index in [1.165, 1.54) is 37.3 Å². The average Bonchev–Trinajstić information content (AvgIpc) is 2.98. The number of fused-ring (bicyclic) bond motifs is 6. The van der Waals surface area contributed by atoms with Crippen LogP contribution in [0.2, 0.25) is 0 Å². The van der Waals surface area contributed by atoms with Crippen LogP contribution in [0.15, 0.2) is 18.2 Å². The van der Waals surface area contributed by atoms with Crippen LogP contribution < -0.4 is 4.74 Å². The summed E-state index contributed by atoms with van der Waals surface area (Å²) in [6.07, 6.45) is 7.60. The Hall–Kier alpha value is -1.97. The van der Waals surface area contributed by atoms with Crippen molar-refractivity contribution in [1.82, 2.24) is 4.98 Å². The highest BCUT2D eigenvalue weighted by Gasteiger charge is 2.51. The number of aromatic amines is 1. The summed E-state index contributed by atoms with van der Waals surface area (Å²) in [5, 5.41) is 1.20. The largest absolute Gasteiger partial charge is 0.497 e. The number of hydrogen-bond donors (Lipinski definition) is 1. The third-order valence-electron chi connectivity index (χ3n) is 6.61. The van der Waals surface area contributed by atoms with Gasteiger partial charge in [-0.2, -0.15) is 0 Å². The summed E-state index contributed by atoms with van der Waals surface area (Å²) in [6, 6.07) is 6.15. The third kappa shape index (κ3) is 2.62. The highest BCUT2D eigenvalue weighted by Crippen LogP contribution is 2.52. The molecule has 3 unspecified atom stereocenters. The first-order chi connectivity index (χ1) is 12.6. The van der Waals surface area contributed by atoms with Crippen LogP contribution in [-0.4, -0.2) is 25.2 Å². The number of H-pyrrole nitrogens is 1. The van der Waals surface area contributed by atoms with Gasteiger partial charge in [0.25, 0.3) is 0 Å². The molecule has 3 atom stereocenters. The Bertz CT molecular complexity index is 824. The van der Waals surface area contributed by atoms with Crippen LogP contribution >= 0.6 is 0 Å². The van der Waals surface area contributed by atoms with Crippen LogP contribution in [0.4, 0.5) is 0 Å². The predicted octanol–water partition coefficient (Wildman–Crippen LogP) is 4.75.